The number of benzene rings is 2. The molecule has 16 heteroatoms. The minimum absolute atomic E-state index is 0.0295. The molecule has 0 saturated heterocycles. The molecule has 0 saturated carbocycles. The Hall–Kier alpha value is -4.08. The zero-order chi connectivity index (χ0) is 36.7. The summed E-state index contributed by atoms with van der Waals surface area (Å²) >= 11 is 6.49. The zero-order valence-electron chi connectivity index (χ0n) is 27.5. The van der Waals surface area contributed by atoms with Crippen molar-refractivity contribution < 1.29 is 35.9 Å². The van der Waals surface area contributed by atoms with Gasteiger partial charge in [-0.1, -0.05) is 31.5 Å². The summed E-state index contributed by atoms with van der Waals surface area (Å²) in [6.45, 7) is 8.68. The van der Waals surface area contributed by atoms with Crippen LogP contribution in [0.5, 0.6) is 5.75 Å². The minimum Gasteiger partial charge on any atom is -0.495 e. The number of alkyl halides is 6. The maximum Gasteiger partial charge on any atom is 0.416 e. The Balaban J connectivity index is 1.94. The highest BCUT2D eigenvalue weighted by atomic mass is 35.5. The number of aromatic nitrogens is 3. The molecule has 2 heterocycles. The summed E-state index contributed by atoms with van der Waals surface area (Å²) in [6.07, 6.45) is -5.72. The molecule has 2 aromatic carbocycles. The third-order valence-electron chi connectivity index (χ3n) is 8.87. The average molecular weight is 728 g/mol. The number of methoxy groups -OCH3 is 1. The Morgan fingerprint density at radius 2 is 1.65 bits per heavy atom. The fraction of sp³-hybridized carbons (Fsp3) is 0.364. The number of pyridine rings is 1. The lowest BCUT2D eigenvalue weighted by Gasteiger charge is -2.36. The summed E-state index contributed by atoms with van der Waals surface area (Å²) < 4.78 is 92.0. The van der Waals surface area contributed by atoms with E-state index in [0.29, 0.717) is 29.1 Å². The van der Waals surface area contributed by atoms with Crippen molar-refractivity contribution in [3.05, 3.63) is 110 Å². The van der Waals surface area contributed by atoms with Crippen LogP contribution in [-0.2, 0) is 12.4 Å². The van der Waals surface area contributed by atoms with Crippen LogP contribution < -0.4 is 16.1 Å². The molecule has 264 valence electrons. The van der Waals surface area contributed by atoms with Crippen LogP contribution in [0.2, 0.25) is 23.2 Å². The van der Waals surface area contributed by atoms with E-state index in [1.807, 2.05) is 6.92 Å². The summed E-state index contributed by atoms with van der Waals surface area (Å²) in [7, 11) is -1.47. The highest BCUT2D eigenvalue weighted by Gasteiger charge is 2.40. The first kappa shape index (κ1) is 37.7. The zero-order valence-corrected chi connectivity index (χ0v) is 29.3. The number of ether oxygens (including phenoxy) is 1. The highest BCUT2D eigenvalue weighted by Crippen LogP contribution is 2.44. The molecule has 0 radical (unpaired) electrons. The molecule has 0 amide bonds. The summed E-state index contributed by atoms with van der Waals surface area (Å²) in [5.41, 5.74) is -2.85. The third-order valence-corrected chi connectivity index (χ3v) is 12.6. The van der Waals surface area contributed by atoms with E-state index >= 15 is 0 Å². The van der Waals surface area contributed by atoms with E-state index < -0.39 is 54.0 Å². The van der Waals surface area contributed by atoms with E-state index in [4.69, 9.17) is 22.2 Å². The lowest BCUT2D eigenvalue weighted by atomic mass is 9.93. The van der Waals surface area contributed by atoms with E-state index in [-0.39, 0.29) is 35.2 Å². The SMILES string of the molecule is COc1cc(/C(=N\N)c2cc(Cl)cn(C(CCC(C)(C)[Si](C)(C)O)c3cc(C(F)(F)F)cc(C(F)(F)F)c3)c2=O)ccc1-n1cnc(C)c1. The number of halogens is 7. The maximum atomic E-state index is 14.3. The first-order chi connectivity index (χ1) is 22.6. The van der Waals surface area contributed by atoms with Gasteiger partial charge in [0.05, 0.1) is 52.6 Å². The summed E-state index contributed by atoms with van der Waals surface area (Å²) in [4.78, 5) is 29.4. The van der Waals surface area contributed by atoms with Crippen LogP contribution in [0.15, 0.2) is 71.1 Å². The number of nitrogens with two attached hydrogens (primary N) is 1. The molecule has 0 bridgehead atoms. The van der Waals surface area contributed by atoms with Gasteiger partial charge >= 0.3 is 12.4 Å². The largest absolute Gasteiger partial charge is 0.495 e. The molecule has 49 heavy (non-hydrogen) atoms. The van der Waals surface area contributed by atoms with Crippen LogP contribution in [0.4, 0.5) is 26.3 Å². The number of hydrogen-bond donors (Lipinski definition) is 2. The molecule has 8 nitrogen and oxygen atoms in total. The smallest absolute Gasteiger partial charge is 0.416 e. The van der Waals surface area contributed by atoms with E-state index in [9.17, 15) is 35.9 Å². The number of nitrogens with zero attached hydrogens (tertiary/aromatic N) is 4. The Kier molecular flexibility index (Phi) is 10.5. The Labute approximate surface area is 284 Å². The molecule has 1 unspecified atom stereocenters. The quantitative estimate of drug-likeness (QED) is 0.0565. The Morgan fingerprint density at radius 3 is 2.14 bits per heavy atom. The van der Waals surface area contributed by atoms with Crippen LogP contribution in [0, 0.1) is 6.92 Å². The van der Waals surface area contributed by atoms with Gasteiger partial charge in [-0.3, -0.25) is 4.79 Å². The van der Waals surface area contributed by atoms with E-state index in [1.54, 1.807) is 62.2 Å². The second-order valence-corrected chi connectivity index (χ2v) is 17.8. The minimum atomic E-state index is -5.12. The highest BCUT2D eigenvalue weighted by molar-refractivity contribution is 6.72. The van der Waals surface area contributed by atoms with Gasteiger partial charge in [-0.15, -0.1) is 0 Å². The number of imidazole rings is 1. The molecule has 3 N–H and O–H groups in total. The van der Waals surface area contributed by atoms with Crippen LogP contribution in [-0.4, -0.2) is 40.1 Å². The van der Waals surface area contributed by atoms with Gasteiger partial charge in [-0.25, -0.2) is 4.98 Å². The Morgan fingerprint density at radius 1 is 1.04 bits per heavy atom. The van der Waals surface area contributed by atoms with E-state index in [1.165, 1.54) is 13.2 Å². The van der Waals surface area contributed by atoms with Gasteiger partial charge < -0.3 is 24.5 Å². The molecule has 1 atom stereocenters. The van der Waals surface area contributed by atoms with Crippen molar-refractivity contribution in [2.45, 2.75) is 70.1 Å². The molecule has 2 aromatic heterocycles. The first-order valence-corrected chi connectivity index (χ1v) is 18.3. The summed E-state index contributed by atoms with van der Waals surface area (Å²) in [5, 5.41) is 3.03. The van der Waals surface area contributed by atoms with Gasteiger partial charge in [0.25, 0.3) is 5.56 Å². The van der Waals surface area contributed by atoms with Crippen LogP contribution in [0.25, 0.3) is 5.69 Å². The topological polar surface area (TPSA) is 108 Å². The van der Waals surface area contributed by atoms with E-state index in [2.05, 4.69) is 10.1 Å². The maximum absolute atomic E-state index is 14.3. The first-order valence-electron chi connectivity index (χ1n) is 15.0. The molecule has 4 aromatic rings. The summed E-state index contributed by atoms with van der Waals surface area (Å²) in [6, 6.07) is 5.98. The van der Waals surface area contributed by atoms with Gasteiger partial charge in [0.15, 0.2) is 8.32 Å². The fourth-order valence-electron chi connectivity index (χ4n) is 5.30. The van der Waals surface area contributed by atoms with Crippen molar-refractivity contribution in [1.29, 1.82) is 0 Å². The number of rotatable bonds is 10. The normalized spacial score (nSPS) is 13.9. The lowest BCUT2D eigenvalue weighted by Crippen LogP contribution is -2.39. The van der Waals surface area contributed by atoms with Crippen LogP contribution in [0.1, 0.15) is 66.2 Å². The molecule has 0 aliphatic rings. The molecule has 4 rings (SSSR count). The van der Waals surface area contributed by atoms with Crippen molar-refractivity contribution in [3.8, 4) is 11.4 Å². The second-order valence-electron chi connectivity index (χ2n) is 12.9. The monoisotopic (exact) mass is 727 g/mol. The van der Waals surface area contributed by atoms with Crippen molar-refractivity contribution in [2.75, 3.05) is 7.11 Å². The van der Waals surface area contributed by atoms with Crippen molar-refractivity contribution in [3.63, 3.8) is 0 Å². The standard InChI is InChI=1S/C33H36ClF6N5O3Si/c1-19-16-44(18-42-19)27-8-7-20(13-28(27)48-4)29(43-41)25-15-24(34)17-45(30(25)46)26(9-10-31(2,3)49(5,6)47)21-11-22(32(35,36)37)14-23(12-21)33(38,39)40/h7-8,11-18,26,47H,9-10,41H2,1-6H3/b43-29+. The van der Waals surface area contributed by atoms with Crippen molar-refractivity contribution in [1.82, 2.24) is 14.1 Å². The van der Waals surface area contributed by atoms with Gasteiger partial charge in [0.2, 0.25) is 0 Å². The van der Waals surface area contributed by atoms with Gasteiger partial charge in [-0.05, 0) is 79.9 Å². The van der Waals surface area contributed by atoms with Gasteiger partial charge in [0, 0.05) is 18.0 Å². The average Bonchev–Trinajstić information content (AvgIpc) is 3.43. The molecule has 0 spiro atoms. The second kappa shape index (κ2) is 13.7. The van der Waals surface area contributed by atoms with Crippen LogP contribution in [0.3, 0.4) is 0 Å². The molecule has 0 aliphatic carbocycles. The lowest BCUT2D eigenvalue weighted by molar-refractivity contribution is -0.143. The van der Waals surface area contributed by atoms with Gasteiger partial charge in [-0.2, -0.15) is 31.4 Å². The number of hydrazone groups is 1. The van der Waals surface area contributed by atoms with E-state index in [0.717, 1.165) is 16.5 Å². The molecule has 0 aliphatic heterocycles. The number of aryl methyl sites for hydroxylation is 1. The van der Waals surface area contributed by atoms with Crippen LogP contribution >= 0.6 is 11.6 Å². The predicted molar refractivity (Wildman–Crippen MR) is 178 cm³/mol. The third kappa shape index (κ3) is 8.22. The molecular formula is C33H36ClF6N5O3Si. The van der Waals surface area contributed by atoms with Crippen molar-refractivity contribution >= 4 is 25.6 Å². The Bertz CT molecular complexity index is 1900. The predicted octanol–water partition coefficient (Wildman–Crippen LogP) is 8.10. The van der Waals surface area contributed by atoms with Gasteiger partial charge in [0.1, 0.15) is 11.5 Å². The molecular weight excluding hydrogens is 692 g/mol. The number of hydrogen-bond acceptors (Lipinski definition) is 6. The fourth-order valence-corrected chi connectivity index (χ4v) is 6.27. The van der Waals surface area contributed by atoms with Crippen molar-refractivity contribution in [2.24, 2.45) is 10.9 Å². The molecule has 0 fully saturated rings. The summed E-state index contributed by atoms with van der Waals surface area (Å²) in [5.74, 6) is 6.16.